The molecule has 0 radical (unpaired) electrons. The van der Waals surface area contributed by atoms with Crippen LogP contribution >= 0.6 is 0 Å². The van der Waals surface area contributed by atoms with Gasteiger partial charge >= 0.3 is 0 Å². The van der Waals surface area contributed by atoms with Gasteiger partial charge in [-0.2, -0.15) is 0 Å². The Balaban J connectivity index is 1.55. The van der Waals surface area contributed by atoms with E-state index in [-0.39, 0.29) is 11.7 Å². The summed E-state index contributed by atoms with van der Waals surface area (Å²) in [6.07, 6.45) is 0.578. The highest BCUT2D eigenvalue weighted by molar-refractivity contribution is 6.06. The number of benzene rings is 3. The molecule has 0 fully saturated rings. The van der Waals surface area contributed by atoms with E-state index in [1.54, 1.807) is 42.5 Å². The van der Waals surface area contributed by atoms with Crippen LogP contribution in [0.4, 0.5) is 10.1 Å². The Labute approximate surface area is 168 Å². The third-order valence-electron chi connectivity index (χ3n) is 4.63. The summed E-state index contributed by atoms with van der Waals surface area (Å²) >= 11 is 0. The number of carbonyl (C=O) groups excluding carboxylic acids is 1. The summed E-state index contributed by atoms with van der Waals surface area (Å²) in [6, 6.07) is 17.0. The monoisotopic (exact) mass is 393 g/mol. The highest BCUT2D eigenvalue weighted by atomic mass is 19.1. The van der Waals surface area contributed by atoms with Gasteiger partial charge in [-0.1, -0.05) is 18.2 Å². The fourth-order valence-electron chi connectivity index (χ4n) is 3.20. The topological polar surface area (TPSA) is 56.8 Å². The lowest BCUT2D eigenvalue weighted by molar-refractivity contribution is 0.102. The van der Waals surface area contributed by atoms with Crippen LogP contribution in [0.2, 0.25) is 0 Å². The molecule has 0 bridgehead atoms. The lowest BCUT2D eigenvalue weighted by Gasteiger charge is -2.19. The number of nitrogens with one attached hydrogen (secondary N) is 1. The van der Waals surface area contributed by atoms with Crippen LogP contribution < -0.4 is 19.5 Å². The van der Waals surface area contributed by atoms with Crippen LogP contribution in [0.25, 0.3) is 0 Å². The summed E-state index contributed by atoms with van der Waals surface area (Å²) < 4.78 is 29.5. The number of halogens is 1. The Morgan fingerprint density at radius 2 is 1.69 bits per heavy atom. The highest BCUT2D eigenvalue weighted by Crippen LogP contribution is 2.33. The number of carbonyl (C=O) groups is 1. The van der Waals surface area contributed by atoms with E-state index in [2.05, 4.69) is 5.32 Å². The normalized spacial score (nSPS) is 12.3. The summed E-state index contributed by atoms with van der Waals surface area (Å²) in [6.45, 7) is 0.987. The van der Waals surface area contributed by atoms with Crippen molar-refractivity contribution in [2.45, 2.75) is 6.42 Å². The number of rotatable bonds is 5. The lowest BCUT2D eigenvalue weighted by atomic mass is 10.0. The highest BCUT2D eigenvalue weighted by Gasteiger charge is 2.16. The molecule has 0 aromatic heterocycles. The molecule has 0 saturated carbocycles. The number of hydrogen-bond acceptors (Lipinski definition) is 4. The standard InChI is InChI=1S/C23H20FNO4/c1-27-20-8-4-16(12-15-2-5-17(24)6-3-15)13-19(20)23(26)25-18-7-9-21-22(14-18)29-11-10-28-21/h2-9,13-14H,10-12H2,1H3,(H,25,26). The second-order valence-corrected chi connectivity index (χ2v) is 6.65. The van der Waals surface area contributed by atoms with Gasteiger partial charge in [-0.3, -0.25) is 4.79 Å². The molecule has 1 heterocycles. The summed E-state index contributed by atoms with van der Waals surface area (Å²) in [5.74, 6) is 1.17. The van der Waals surface area contributed by atoms with Crippen LogP contribution in [-0.4, -0.2) is 26.2 Å². The average molecular weight is 393 g/mol. The quantitative estimate of drug-likeness (QED) is 0.696. The smallest absolute Gasteiger partial charge is 0.259 e. The van der Waals surface area contributed by atoms with Gasteiger partial charge in [-0.15, -0.1) is 0 Å². The molecule has 0 atom stereocenters. The maximum absolute atomic E-state index is 13.1. The van der Waals surface area contributed by atoms with Crippen LogP contribution in [-0.2, 0) is 6.42 Å². The average Bonchev–Trinajstić information content (AvgIpc) is 2.75. The Morgan fingerprint density at radius 1 is 0.966 bits per heavy atom. The van der Waals surface area contributed by atoms with Crippen LogP contribution in [0.15, 0.2) is 60.7 Å². The molecule has 148 valence electrons. The first-order valence-corrected chi connectivity index (χ1v) is 9.25. The third-order valence-corrected chi connectivity index (χ3v) is 4.63. The zero-order valence-electron chi connectivity index (χ0n) is 15.9. The second-order valence-electron chi connectivity index (χ2n) is 6.65. The van der Waals surface area contributed by atoms with Gasteiger partial charge in [0.05, 0.1) is 12.7 Å². The second kappa shape index (κ2) is 8.22. The Kier molecular flexibility index (Phi) is 5.33. The van der Waals surface area contributed by atoms with Gasteiger partial charge < -0.3 is 19.5 Å². The molecule has 3 aromatic carbocycles. The van der Waals surface area contributed by atoms with E-state index in [1.165, 1.54) is 19.2 Å². The number of methoxy groups -OCH3 is 1. The van der Waals surface area contributed by atoms with Crippen LogP contribution in [0.1, 0.15) is 21.5 Å². The molecule has 5 nitrogen and oxygen atoms in total. The van der Waals surface area contributed by atoms with E-state index >= 15 is 0 Å². The molecular weight excluding hydrogens is 373 g/mol. The van der Waals surface area contributed by atoms with Crippen molar-refractivity contribution in [2.24, 2.45) is 0 Å². The molecule has 0 aliphatic carbocycles. The molecule has 0 saturated heterocycles. The van der Waals surface area contributed by atoms with Crippen molar-refractivity contribution in [3.63, 3.8) is 0 Å². The van der Waals surface area contributed by atoms with Gasteiger partial charge in [0.2, 0.25) is 0 Å². The maximum atomic E-state index is 13.1. The first kappa shape index (κ1) is 18.8. The van der Waals surface area contributed by atoms with E-state index in [0.717, 1.165) is 11.1 Å². The lowest BCUT2D eigenvalue weighted by Crippen LogP contribution is -2.17. The SMILES string of the molecule is COc1ccc(Cc2ccc(F)cc2)cc1C(=O)Nc1ccc2c(c1)OCCO2. The van der Waals surface area contributed by atoms with Gasteiger partial charge in [0.1, 0.15) is 24.8 Å². The summed E-state index contributed by atoms with van der Waals surface area (Å²) in [4.78, 5) is 12.9. The van der Waals surface area contributed by atoms with Gasteiger partial charge in [0, 0.05) is 11.8 Å². The molecule has 0 unspecified atom stereocenters. The molecule has 3 aromatic rings. The van der Waals surface area contributed by atoms with Crippen LogP contribution in [0.3, 0.4) is 0 Å². The molecule has 1 N–H and O–H groups in total. The molecular formula is C23H20FNO4. The summed E-state index contributed by atoms with van der Waals surface area (Å²) in [5, 5.41) is 2.88. The van der Waals surface area contributed by atoms with Crippen molar-refractivity contribution in [1.29, 1.82) is 0 Å². The first-order valence-electron chi connectivity index (χ1n) is 9.25. The van der Waals surface area contributed by atoms with Crippen molar-refractivity contribution in [1.82, 2.24) is 0 Å². The minimum absolute atomic E-state index is 0.275. The van der Waals surface area contributed by atoms with Gasteiger partial charge in [0.25, 0.3) is 5.91 Å². The number of fused-ring (bicyclic) bond motifs is 1. The molecule has 1 amide bonds. The molecule has 29 heavy (non-hydrogen) atoms. The predicted molar refractivity (Wildman–Crippen MR) is 108 cm³/mol. The van der Waals surface area contributed by atoms with E-state index in [1.807, 2.05) is 6.07 Å². The van der Waals surface area contributed by atoms with E-state index in [4.69, 9.17) is 14.2 Å². The molecule has 6 heteroatoms. The summed E-state index contributed by atoms with van der Waals surface area (Å²) in [7, 11) is 1.52. The minimum atomic E-state index is -0.292. The summed E-state index contributed by atoms with van der Waals surface area (Å²) in [5.41, 5.74) is 2.90. The van der Waals surface area contributed by atoms with Gasteiger partial charge in [-0.25, -0.2) is 4.39 Å². The van der Waals surface area contributed by atoms with E-state index in [9.17, 15) is 9.18 Å². The number of amides is 1. The van der Waals surface area contributed by atoms with E-state index < -0.39 is 0 Å². The van der Waals surface area contributed by atoms with Crippen molar-refractivity contribution in [3.05, 3.63) is 83.2 Å². The number of hydrogen-bond donors (Lipinski definition) is 1. The molecule has 0 spiro atoms. The predicted octanol–water partition coefficient (Wildman–Crippen LogP) is 4.45. The molecule has 4 rings (SSSR count). The van der Waals surface area contributed by atoms with E-state index in [0.29, 0.717) is 48.1 Å². The maximum Gasteiger partial charge on any atom is 0.259 e. The minimum Gasteiger partial charge on any atom is -0.496 e. The first-order chi connectivity index (χ1) is 14.1. The van der Waals surface area contributed by atoms with Gasteiger partial charge in [-0.05, 0) is 53.9 Å². The Bertz CT molecular complexity index is 1030. The Hall–Kier alpha value is -3.54. The van der Waals surface area contributed by atoms with Crippen molar-refractivity contribution >= 4 is 11.6 Å². The van der Waals surface area contributed by atoms with Crippen molar-refractivity contribution < 1.29 is 23.4 Å². The zero-order valence-corrected chi connectivity index (χ0v) is 15.9. The third kappa shape index (κ3) is 4.32. The van der Waals surface area contributed by atoms with Gasteiger partial charge in [0.15, 0.2) is 11.5 Å². The van der Waals surface area contributed by atoms with Crippen LogP contribution in [0, 0.1) is 5.82 Å². The number of ether oxygens (including phenoxy) is 3. The molecule has 1 aliphatic rings. The van der Waals surface area contributed by atoms with Crippen molar-refractivity contribution in [3.8, 4) is 17.2 Å². The number of anilines is 1. The van der Waals surface area contributed by atoms with Crippen molar-refractivity contribution in [2.75, 3.05) is 25.6 Å². The largest absolute Gasteiger partial charge is 0.496 e. The molecule has 1 aliphatic heterocycles. The fraction of sp³-hybridized carbons (Fsp3) is 0.174. The fourth-order valence-corrected chi connectivity index (χ4v) is 3.20. The Morgan fingerprint density at radius 3 is 2.45 bits per heavy atom. The van der Waals surface area contributed by atoms with Crippen LogP contribution in [0.5, 0.6) is 17.2 Å². The zero-order chi connectivity index (χ0) is 20.2.